The first kappa shape index (κ1) is 20.0. The van der Waals surface area contributed by atoms with Gasteiger partial charge in [0, 0.05) is 6.54 Å². The normalized spacial score (nSPS) is 12.1. The summed E-state index contributed by atoms with van der Waals surface area (Å²) in [5.74, 6) is 0.0834. The number of rotatable bonds is 8. The van der Waals surface area contributed by atoms with Gasteiger partial charge in [-0.2, -0.15) is 0 Å². The number of hydrogen-bond acceptors (Lipinski definition) is 3. The summed E-state index contributed by atoms with van der Waals surface area (Å²) in [5.41, 5.74) is -0.907. The molecule has 1 aromatic carbocycles. The predicted molar refractivity (Wildman–Crippen MR) is 94.2 cm³/mol. The van der Waals surface area contributed by atoms with Gasteiger partial charge in [-0.25, -0.2) is 0 Å². The molecule has 0 saturated carbocycles. The molecule has 0 aromatic heterocycles. The molecule has 1 rings (SSSR count). The molecule has 0 saturated heterocycles. The van der Waals surface area contributed by atoms with Crippen molar-refractivity contribution in [2.75, 3.05) is 13.2 Å². The van der Waals surface area contributed by atoms with E-state index < -0.39 is 16.8 Å². The highest BCUT2D eigenvalue weighted by Gasteiger charge is 2.33. The van der Waals surface area contributed by atoms with Crippen LogP contribution in [0, 0.1) is 11.3 Å². The Bertz CT molecular complexity index is 574. The monoisotopic (exact) mass is 335 g/mol. The van der Waals surface area contributed by atoms with Gasteiger partial charge in [0.25, 0.3) is 0 Å². The number of amides is 1. The third-order valence-electron chi connectivity index (χ3n) is 4.00. The van der Waals surface area contributed by atoms with E-state index in [1.807, 2.05) is 38.1 Å². The Morgan fingerprint density at radius 2 is 1.67 bits per heavy atom. The highest BCUT2D eigenvalue weighted by atomic mass is 16.5. The van der Waals surface area contributed by atoms with Crippen LogP contribution in [0.15, 0.2) is 24.3 Å². The van der Waals surface area contributed by atoms with Crippen molar-refractivity contribution in [3.05, 3.63) is 29.8 Å². The minimum absolute atomic E-state index is 0.0835. The lowest BCUT2D eigenvalue weighted by Gasteiger charge is -2.27. The number of carboxylic acid groups (broad SMARTS) is 1. The summed E-state index contributed by atoms with van der Waals surface area (Å²) in [4.78, 5) is 23.6. The van der Waals surface area contributed by atoms with Crippen molar-refractivity contribution in [2.24, 2.45) is 11.3 Å². The van der Waals surface area contributed by atoms with E-state index in [0.717, 1.165) is 11.3 Å². The molecular weight excluding hydrogens is 306 g/mol. The van der Waals surface area contributed by atoms with Crippen LogP contribution in [0.2, 0.25) is 0 Å². The summed E-state index contributed by atoms with van der Waals surface area (Å²) in [6, 6.07) is 7.46. The minimum atomic E-state index is -1.000. The van der Waals surface area contributed by atoms with Crippen molar-refractivity contribution in [1.29, 1.82) is 0 Å². The average Bonchev–Trinajstić information content (AvgIpc) is 2.50. The molecule has 0 aliphatic carbocycles. The van der Waals surface area contributed by atoms with Crippen LogP contribution in [-0.2, 0) is 15.0 Å². The number of benzene rings is 1. The van der Waals surface area contributed by atoms with Gasteiger partial charge in [-0.15, -0.1) is 0 Å². The molecule has 0 heterocycles. The standard InChI is InChI=1S/C19H29NO4/c1-13(2)11-24-15-9-7-14(8-10-15)19(5,6)16(21)20-12-18(3,4)17(22)23/h7-10,13H,11-12H2,1-6H3,(H,20,21)(H,22,23). The maximum absolute atomic E-state index is 12.5. The molecule has 0 radical (unpaired) electrons. The molecule has 0 atom stereocenters. The fourth-order valence-electron chi connectivity index (χ4n) is 1.96. The van der Waals surface area contributed by atoms with Crippen LogP contribution in [-0.4, -0.2) is 30.1 Å². The molecule has 24 heavy (non-hydrogen) atoms. The van der Waals surface area contributed by atoms with Gasteiger partial charge in [0.1, 0.15) is 5.75 Å². The van der Waals surface area contributed by atoms with E-state index in [1.54, 1.807) is 13.8 Å². The second-order valence-electron chi connectivity index (χ2n) is 7.73. The predicted octanol–water partition coefficient (Wildman–Crippen LogP) is 3.23. The Kier molecular flexibility index (Phi) is 6.41. The molecule has 1 amide bonds. The van der Waals surface area contributed by atoms with E-state index >= 15 is 0 Å². The molecule has 0 aliphatic rings. The summed E-state index contributed by atoms with van der Waals surface area (Å²) in [6.07, 6.45) is 0. The Labute approximate surface area is 144 Å². The summed E-state index contributed by atoms with van der Waals surface area (Å²) in [6.45, 7) is 11.7. The van der Waals surface area contributed by atoms with Crippen molar-refractivity contribution in [1.82, 2.24) is 5.32 Å². The van der Waals surface area contributed by atoms with Gasteiger partial charge in [0.15, 0.2) is 0 Å². The first-order chi connectivity index (χ1) is 11.0. The van der Waals surface area contributed by atoms with Gasteiger partial charge in [0.2, 0.25) is 5.91 Å². The van der Waals surface area contributed by atoms with Gasteiger partial charge < -0.3 is 15.2 Å². The molecule has 2 N–H and O–H groups in total. The summed E-state index contributed by atoms with van der Waals surface area (Å²) < 4.78 is 5.65. The zero-order chi connectivity index (χ0) is 18.5. The van der Waals surface area contributed by atoms with Crippen molar-refractivity contribution in [2.45, 2.75) is 47.0 Å². The number of nitrogens with one attached hydrogen (secondary N) is 1. The van der Waals surface area contributed by atoms with Gasteiger partial charge in [-0.05, 0) is 51.3 Å². The largest absolute Gasteiger partial charge is 0.493 e. The fourth-order valence-corrected chi connectivity index (χ4v) is 1.96. The molecule has 134 valence electrons. The number of hydrogen-bond donors (Lipinski definition) is 2. The molecule has 5 heteroatoms. The van der Waals surface area contributed by atoms with E-state index in [0.29, 0.717) is 12.5 Å². The van der Waals surface area contributed by atoms with Gasteiger partial charge in [-0.1, -0.05) is 26.0 Å². The first-order valence-corrected chi connectivity index (χ1v) is 8.22. The zero-order valence-corrected chi connectivity index (χ0v) is 15.5. The van der Waals surface area contributed by atoms with Crippen molar-refractivity contribution in [3.63, 3.8) is 0 Å². The van der Waals surface area contributed by atoms with E-state index in [9.17, 15) is 9.59 Å². The van der Waals surface area contributed by atoms with Crippen LogP contribution in [0.3, 0.4) is 0 Å². The Hall–Kier alpha value is -2.04. The number of aliphatic carboxylic acids is 1. The van der Waals surface area contributed by atoms with Crippen LogP contribution < -0.4 is 10.1 Å². The summed E-state index contributed by atoms with van der Waals surface area (Å²) >= 11 is 0. The molecular formula is C19H29NO4. The van der Waals surface area contributed by atoms with Crippen LogP contribution in [0.4, 0.5) is 0 Å². The molecule has 0 fully saturated rings. The van der Waals surface area contributed by atoms with Gasteiger partial charge in [-0.3, -0.25) is 9.59 Å². The number of ether oxygens (including phenoxy) is 1. The third-order valence-corrected chi connectivity index (χ3v) is 4.00. The zero-order valence-electron chi connectivity index (χ0n) is 15.5. The lowest BCUT2D eigenvalue weighted by atomic mass is 9.83. The summed E-state index contributed by atoms with van der Waals surface area (Å²) in [5, 5.41) is 11.9. The van der Waals surface area contributed by atoms with E-state index in [1.165, 1.54) is 0 Å². The maximum atomic E-state index is 12.5. The second-order valence-corrected chi connectivity index (χ2v) is 7.73. The van der Waals surface area contributed by atoms with Gasteiger partial charge >= 0.3 is 5.97 Å². The van der Waals surface area contributed by atoms with Crippen molar-refractivity contribution < 1.29 is 19.4 Å². The van der Waals surface area contributed by atoms with Crippen molar-refractivity contribution >= 4 is 11.9 Å². The topological polar surface area (TPSA) is 75.6 Å². The van der Waals surface area contributed by atoms with Crippen LogP contribution in [0.5, 0.6) is 5.75 Å². The van der Waals surface area contributed by atoms with Gasteiger partial charge in [0.05, 0.1) is 17.4 Å². The lowest BCUT2D eigenvalue weighted by Crippen LogP contribution is -2.45. The molecule has 0 spiro atoms. The Morgan fingerprint density at radius 3 is 2.12 bits per heavy atom. The minimum Gasteiger partial charge on any atom is -0.493 e. The molecule has 5 nitrogen and oxygen atoms in total. The molecule has 0 bridgehead atoms. The summed E-state index contributed by atoms with van der Waals surface area (Å²) in [7, 11) is 0. The van der Waals surface area contributed by atoms with Crippen molar-refractivity contribution in [3.8, 4) is 5.75 Å². The van der Waals surface area contributed by atoms with E-state index in [-0.39, 0.29) is 12.5 Å². The second kappa shape index (κ2) is 7.69. The van der Waals surface area contributed by atoms with Crippen LogP contribution in [0.1, 0.15) is 47.1 Å². The first-order valence-electron chi connectivity index (χ1n) is 8.22. The SMILES string of the molecule is CC(C)COc1ccc(C(C)(C)C(=O)NCC(C)(C)C(=O)O)cc1. The Balaban J connectivity index is 2.76. The molecule has 1 aromatic rings. The molecule has 0 unspecified atom stereocenters. The molecule has 0 aliphatic heterocycles. The van der Waals surface area contributed by atoms with E-state index in [4.69, 9.17) is 9.84 Å². The van der Waals surface area contributed by atoms with E-state index in [2.05, 4.69) is 19.2 Å². The number of carbonyl (C=O) groups excluding carboxylic acids is 1. The highest BCUT2D eigenvalue weighted by Crippen LogP contribution is 2.26. The Morgan fingerprint density at radius 1 is 1.12 bits per heavy atom. The quantitative estimate of drug-likeness (QED) is 0.765. The lowest BCUT2D eigenvalue weighted by molar-refractivity contribution is -0.146. The average molecular weight is 335 g/mol. The smallest absolute Gasteiger partial charge is 0.310 e. The third kappa shape index (κ3) is 5.25. The van der Waals surface area contributed by atoms with Crippen LogP contribution >= 0.6 is 0 Å². The highest BCUT2D eigenvalue weighted by molar-refractivity contribution is 5.88. The fraction of sp³-hybridized carbons (Fsp3) is 0.579. The number of carbonyl (C=O) groups is 2. The number of carboxylic acids is 1. The maximum Gasteiger partial charge on any atom is 0.310 e. The van der Waals surface area contributed by atoms with Crippen LogP contribution in [0.25, 0.3) is 0 Å².